The summed E-state index contributed by atoms with van der Waals surface area (Å²) in [6.45, 7) is 2.37. The first-order valence-corrected chi connectivity index (χ1v) is 7.04. The lowest BCUT2D eigenvalue weighted by Gasteiger charge is -2.10. The molecule has 2 rings (SSSR count). The van der Waals surface area contributed by atoms with Crippen molar-refractivity contribution in [1.82, 2.24) is 15.2 Å². The molecule has 2 aromatic rings. The average molecular weight is 319 g/mol. The van der Waals surface area contributed by atoms with E-state index in [1.807, 2.05) is 6.92 Å². The summed E-state index contributed by atoms with van der Waals surface area (Å²) in [7, 11) is 1.52. The van der Waals surface area contributed by atoms with E-state index in [9.17, 15) is 9.59 Å². The summed E-state index contributed by atoms with van der Waals surface area (Å²) >= 11 is 0. The molecule has 0 aliphatic carbocycles. The van der Waals surface area contributed by atoms with E-state index in [1.165, 1.54) is 7.11 Å². The molecule has 0 atom stereocenters. The standard InChI is InChI=1S/C15H17N3O5/c1-3-23-11-6-4-9(8-12(11)22-2)14-16-15(21)10(17-18-14)5-7-13(19)20/h4,6,8H,3,5,7H2,1-2H3,(H,19,20)(H,16,18,21). The second-order valence-corrected chi connectivity index (χ2v) is 4.64. The highest BCUT2D eigenvalue weighted by molar-refractivity contribution is 5.67. The van der Waals surface area contributed by atoms with Crippen LogP contribution < -0.4 is 15.0 Å². The minimum Gasteiger partial charge on any atom is -0.493 e. The first kappa shape index (κ1) is 16.5. The van der Waals surface area contributed by atoms with Crippen LogP contribution in [0, 0.1) is 0 Å². The van der Waals surface area contributed by atoms with Gasteiger partial charge in [-0.1, -0.05) is 0 Å². The first-order chi connectivity index (χ1) is 11.0. The molecule has 0 fully saturated rings. The van der Waals surface area contributed by atoms with Crippen LogP contribution in [0.2, 0.25) is 0 Å². The minimum absolute atomic E-state index is 0.0323. The molecular weight excluding hydrogens is 302 g/mol. The summed E-state index contributed by atoms with van der Waals surface area (Å²) < 4.78 is 10.7. The monoisotopic (exact) mass is 319 g/mol. The number of benzene rings is 1. The van der Waals surface area contributed by atoms with Crippen molar-refractivity contribution in [2.75, 3.05) is 13.7 Å². The molecule has 0 radical (unpaired) electrons. The van der Waals surface area contributed by atoms with Gasteiger partial charge in [0.05, 0.1) is 20.1 Å². The van der Waals surface area contributed by atoms with Crippen LogP contribution in [0.3, 0.4) is 0 Å². The zero-order chi connectivity index (χ0) is 16.8. The predicted octanol–water partition coefficient (Wildman–Crippen LogP) is 1.26. The van der Waals surface area contributed by atoms with Crippen molar-refractivity contribution in [3.63, 3.8) is 0 Å². The van der Waals surface area contributed by atoms with Crippen molar-refractivity contribution >= 4 is 5.97 Å². The fourth-order valence-electron chi connectivity index (χ4n) is 1.97. The van der Waals surface area contributed by atoms with Gasteiger partial charge in [-0.3, -0.25) is 9.59 Å². The van der Waals surface area contributed by atoms with E-state index >= 15 is 0 Å². The fourth-order valence-corrected chi connectivity index (χ4v) is 1.97. The highest BCUT2D eigenvalue weighted by Gasteiger charge is 2.11. The number of nitrogens with zero attached hydrogens (tertiary/aromatic N) is 2. The summed E-state index contributed by atoms with van der Waals surface area (Å²) in [6, 6.07) is 5.13. The maximum atomic E-state index is 11.9. The number of carboxylic acid groups (broad SMARTS) is 1. The zero-order valence-electron chi connectivity index (χ0n) is 12.8. The number of aryl methyl sites for hydroxylation is 1. The van der Waals surface area contributed by atoms with E-state index in [0.717, 1.165) is 0 Å². The number of H-pyrrole nitrogens is 1. The Labute approximate surface area is 132 Å². The highest BCUT2D eigenvalue weighted by atomic mass is 16.5. The molecule has 1 aromatic carbocycles. The Morgan fingerprint density at radius 1 is 1.30 bits per heavy atom. The molecule has 0 aliphatic heterocycles. The van der Waals surface area contributed by atoms with Gasteiger partial charge in [0.2, 0.25) is 0 Å². The van der Waals surface area contributed by atoms with Gasteiger partial charge < -0.3 is 19.6 Å². The Morgan fingerprint density at radius 3 is 2.70 bits per heavy atom. The minimum atomic E-state index is -0.994. The van der Waals surface area contributed by atoms with Gasteiger partial charge in [0.1, 0.15) is 5.69 Å². The molecule has 0 aliphatic rings. The topological polar surface area (TPSA) is 114 Å². The van der Waals surface area contributed by atoms with E-state index in [2.05, 4.69) is 15.2 Å². The molecule has 0 saturated carbocycles. The van der Waals surface area contributed by atoms with Crippen LogP contribution in [-0.2, 0) is 11.2 Å². The van der Waals surface area contributed by atoms with Crippen LogP contribution in [0.25, 0.3) is 11.4 Å². The van der Waals surface area contributed by atoms with Gasteiger partial charge in [0.25, 0.3) is 5.56 Å². The number of ether oxygens (including phenoxy) is 2. The Kier molecular flexibility index (Phi) is 5.29. The number of aromatic nitrogens is 3. The van der Waals surface area contributed by atoms with Crippen molar-refractivity contribution in [1.29, 1.82) is 0 Å². The normalized spacial score (nSPS) is 10.3. The number of hydrogen-bond acceptors (Lipinski definition) is 6. The first-order valence-electron chi connectivity index (χ1n) is 7.04. The number of aromatic amines is 1. The molecule has 2 N–H and O–H groups in total. The Hall–Kier alpha value is -2.90. The predicted molar refractivity (Wildman–Crippen MR) is 81.8 cm³/mol. The summed E-state index contributed by atoms with van der Waals surface area (Å²) in [4.78, 5) is 25.1. The lowest BCUT2D eigenvalue weighted by Crippen LogP contribution is -2.18. The lowest BCUT2D eigenvalue weighted by molar-refractivity contribution is -0.136. The Balaban J connectivity index is 2.30. The highest BCUT2D eigenvalue weighted by Crippen LogP contribution is 2.30. The molecule has 8 heteroatoms. The zero-order valence-corrected chi connectivity index (χ0v) is 12.8. The van der Waals surface area contributed by atoms with Crippen molar-refractivity contribution in [3.8, 4) is 22.9 Å². The number of carbonyl (C=O) groups is 1. The van der Waals surface area contributed by atoms with Gasteiger partial charge in [0.15, 0.2) is 17.3 Å². The third-order valence-corrected chi connectivity index (χ3v) is 3.08. The SMILES string of the molecule is CCOc1ccc(-c2nnc(CCC(=O)O)c(=O)[nH]2)cc1OC. The van der Waals surface area contributed by atoms with E-state index < -0.39 is 11.5 Å². The molecule has 23 heavy (non-hydrogen) atoms. The number of aliphatic carboxylic acids is 1. The smallest absolute Gasteiger partial charge is 0.303 e. The summed E-state index contributed by atoms with van der Waals surface area (Å²) in [5, 5.41) is 16.4. The lowest BCUT2D eigenvalue weighted by atomic mass is 10.2. The molecule has 0 amide bonds. The van der Waals surface area contributed by atoms with Crippen LogP contribution in [0.1, 0.15) is 19.0 Å². The maximum absolute atomic E-state index is 11.9. The van der Waals surface area contributed by atoms with Crippen molar-refractivity contribution in [2.45, 2.75) is 19.8 Å². The molecule has 1 heterocycles. The molecule has 0 spiro atoms. The summed E-state index contributed by atoms with van der Waals surface area (Å²) in [6.07, 6.45) is -0.140. The van der Waals surface area contributed by atoms with E-state index in [0.29, 0.717) is 23.7 Å². The van der Waals surface area contributed by atoms with Gasteiger partial charge in [0, 0.05) is 12.0 Å². The van der Waals surface area contributed by atoms with E-state index in [1.54, 1.807) is 18.2 Å². The molecule has 122 valence electrons. The molecular formula is C15H17N3O5. The van der Waals surface area contributed by atoms with Crippen molar-refractivity contribution in [2.24, 2.45) is 0 Å². The number of rotatable bonds is 7. The number of carboxylic acids is 1. The number of methoxy groups -OCH3 is 1. The Morgan fingerprint density at radius 2 is 2.09 bits per heavy atom. The molecule has 8 nitrogen and oxygen atoms in total. The molecule has 1 aromatic heterocycles. The van der Waals surface area contributed by atoms with Gasteiger partial charge in [-0.25, -0.2) is 0 Å². The van der Waals surface area contributed by atoms with Crippen molar-refractivity contribution < 1.29 is 19.4 Å². The molecule has 0 bridgehead atoms. The quantitative estimate of drug-likeness (QED) is 0.789. The van der Waals surface area contributed by atoms with E-state index in [-0.39, 0.29) is 24.4 Å². The Bertz CT molecular complexity index is 757. The van der Waals surface area contributed by atoms with Gasteiger partial charge >= 0.3 is 5.97 Å². The van der Waals surface area contributed by atoms with Crippen LogP contribution in [0.5, 0.6) is 11.5 Å². The second kappa shape index (κ2) is 7.39. The molecule has 0 saturated heterocycles. The summed E-state index contributed by atoms with van der Waals surface area (Å²) in [5.74, 6) is 0.385. The van der Waals surface area contributed by atoms with Gasteiger partial charge in [-0.05, 0) is 25.1 Å². The third-order valence-electron chi connectivity index (χ3n) is 3.08. The number of hydrogen-bond donors (Lipinski definition) is 2. The maximum Gasteiger partial charge on any atom is 0.303 e. The third kappa shape index (κ3) is 4.06. The fraction of sp³-hybridized carbons (Fsp3) is 0.333. The van der Waals surface area contributed by atoms with Crippen LogP contribution in [-0.4, -0.2) is 40.0 Å². The largest absolute Gasteiger partial charge is 0.493 e. The summed E-state index contributed by atoms with van der Waals surface area (Å²) in [5.41, 5.74) is 0.248. The van der Waals surface area contributed by atoms with Crippen LogP contribution >= 0.6 is 0 Å². The van der Waals surface area contributed by atoms with Crippen molar-refractivity contribution in [3.05, 3.63) is 34.2 Å². The van der Waals surface area contributed by atoms with Gasteiger partial charge in [-0.15, -0.1) is 10.2 Å². The van der Waals surface area contributed by atoms with Crippen LogP contribution in [0.15, 0.2) is 23.0 Å². The van der Waals surface area contributed by atoms with E-state index in [4.69, 9.17) is 14.6 Å². The van der Waals surface area contributed by atoms with Crippen LogP contribution in [0.4, 0.5) is 0 Å². The number of nitrogens with one attached hydrogen (secondary N) is 1. The molecule has 0 unspecified atom stereocenters. The average Bonchev–Trinajstić information content (AvgIpc) is 2.54. The second-order valence-electron chi connectivity index (χ2n) is 4.64. The van der Waals surface area contributed by atoms with Gasteiger partial charge in [-0.2, -0.15) is 0 Å².